The first-order valence-corrected chi connectivity index (χ1v) is 7.39. The van der Waals surface area contributed by atoms with Crippen molar-refractivity contribution in [2.75, 3.05) is 0 Å². The summed E-state index contributed by atoms with van der Waals surface area (Å²) in [5.41, 5.74) is 2.03. The number of rotatable bonds is 4. The zero-order valence-electron chi connectivity index (χ0n) is 12.8. The molecule has 0 atom stereocenters. The summed E-state index contributed by atoms with van der Waals surface area (Å²) in [7, 11) is 0. The molecule has 0 radical (unpaired) electrons. The maximum absolute atomic E-state index is 10.9. The monoisotopic (exact) mass is 323 g/mol. The summed E-state index contributed by atoms with van der Waals surface area (Å²) in [5, 5.41) is 20.4. The Morgan fingerprint density at radius 2 is 2.08 bits per heavy atom. The third kappa shape index (κ3) is 2.35. The molecule has 3 aromatic heterocycles. The van der Waals surface area contributed by atoms with Crippen molar-refractivity contribution in [1.29, 1.82) is 0 Å². The molecule has 24 heavy (non-hydrogen) atoms. The molecule has 0 saturated carbocycles. The van der Waals surface area contributed by atoms with Crippen LogP contribution in [0.2, 0.25) is 0 Å². The van der Waals surface area contributed by atoms with E-state index in [1.54, 1.807) is 22.4 Å². The van der Waals surface area contributed by atoms with Crippen molar-refractivity contribution in [2.24, 2.45) is 0 Å². The van der Waals surface area contributed by atoms with Crippen LogP contribution in [0.1, 0.15) is 11.5 Å². The van der Waals surface area contributed by atoms with Gasteiger partial charge in [0.25, 0.3) is 0 Å². The van der Waals surface area contributed by atoms with Crippen molar-refractivity contribution < 1.29 is 4.92 Å². The Balaban J connectivity index is 1.62. The first-order chi connectivity index (χ1) is 11.6. The minimum Gasteiger partial charge on any atom is -0.265 e. The molecule has 0 aliphatic carbocycles. The molecule has 0 amide bonds. The van der Waals surface area contributed by atoms with Crippen LogP contribution in [0.15, 0.2) is 36.8 Å². The molecule has 3 heterocycles. The highest BCUT2D eigenvalue weighted by Crippen LogP contribution is 2.17. The summed E-state index contributed by atoms with van der Waals surface area (Å²) >= 11 is 0. The zero-order chi connectivity index (χ0) is 16.7. The maximum atomic E-state index is 10.9. The second kappa shape index (κ2) is 5.37. The lowest BCUT2D eigenvalue weighted by Crippen LogP contribution is -2.03. The minimum atomic E-state index is -0.431. The highest BCUT2D eigenvalue weighted by molar-refractivity contribution is 5.90. The first-order valence-electron chi connectivity index (χ1n) is 7.39. The third-order valence-corrected chi connectivity index (χ3v) is 3.81. The number of para-hydroxylation sites is 1. The van der Waals surface area contributed by atoms with Gasteiger partial charge in [0.05, 0.1) is 10.4 Å². The summed E-state index contributed by atoms with van der Waals surface area (Å²) < 4.78 is 3.20. The van der Waals surface area contributed by atoms with Crippen molar-refractivity contribution in [3.63, 3.8) is 0 Å². The maximum Gasteiger partial charge on any atom is 0.309 e. The molecule has 9 nitrogen and oxygen atoms in total. The Morgan fingerprint density at radius 3 is 2.88 bits per heavy atom. The standard InChI is InChI=1S/C15H13N7O2/c1-10-13(22(23)24)8-20(18-10)7-6-14-17-15-11-4-2-3-5-12(11)16-9-21(15)19-14/h2-5,8-9H,6-7H2,1H3. The normalized spacial score (nSPS) is 11.4. The van der Waals surface area contributed by atoms with Gasteiger partial charge >= 0.3 is 5.69 Å². The van der Waals surface area contributed by atoms with Gasteiger partial charge in [-0.15, -0.1) is 5.10 Å². The van der Waals surface area contributed by atoms with E-state index in [-0.39, 0.29) is 5.69 Å². The Bertz CT molecular complexity index is 1070. The van der Waals surface area contributed by atoms with Crippen molar-refractivity contribution >= 4 is 22.2 Å². The second-order valence-electron chi connectivity index (χ2n) is 5.43. The van der Waals surface area contributed by atoms with E-state index in [4.69, 9.17) is 0 Å². The van der Waals surface area contributed by atoms with E-state index in [0.717, 1.165) is 16.6 Å². The fourth-order valence-electron chi connectivity index (χ4n) is 2.65. The first kappa shape index (κ1) is 14.2. The van der Waals surface area contributed by atoms with Crippen molar-refractivity contribution in [1.82, 2.24) is 29.4 Å². The summed E-state index contributed by atoms with van der Waals surface area (Å²) in [4.78, 5) is 19.3. The number of benzene rings is 1. The van der Waals surface area contributed by atoms with Crippen molar-refractivity contribution in [3.05, 3.63) is 58.4 Å². The van der Waals surface area contributed by atoms with Gasteiger partial charge in [-0.3, -0.25) is 14.8 Å². The molecular weight excluding hydrogens is 310 g/mol. The average Bonchev–Trinajstić information content (AvgIpc) is 3.16. The van der Waals surface area contributed by atoms with Gasteiger partial charge in [-0.05, 0) is 19.1 Å². The van der Waals surface area contributed by atoms with E-state index in [2.05, 4.69) is 20.2 Å². The Kier molecular flexibility index (Phi) is 3.19. The summed E-state index contributed by atoms with van der Waals surface area (Å²) in [6.07, 6.45) is 3.59. The Hall–Kier alpha value is -3.36. The lowest BCUT2D eigenvalue weighted by atomic mass is 10.2. The molecule has 120 valence electrons. The molecule has 4 aromatic rings. The van der Waals surface area contributed by atoms with Gasteiger partial charge in [0.2, 0.25) is 0 Å². The molecule has 9 heteroatoms. The van der Waals surface area contributed by atoms with Crippen LogP contribution >= 0.6 is 0 Å². The van der Waals surface area contributed by atoms with Gasteiger partial charge in [-0.2, -0.15) is 5.10 Å². The van der Waals surface area contributed by atoms with Crippen LogP contribution < -0.4 is 0 Å². The fourth-order valence-corrected chi connectivity index (χ4v) is 2.65. The number of fused-ring (bicyclic) bond motifs is 3. The Labute approximate surface area is 135 Å². The molecule has 4 rings (SSSR count). The second-order valence-corrected chi connectivity index (χ2v) is 5.43. The summed E-state index contributed by atoms with van der Waals surface area (Å²) in [5.74, 6) is 0.643. The van der Waals surface area contributed by atoms with Gasteiger partial charge in [-0.1, -0.05) is 12.1 Å². The molecule has 0 N–H and O–H groups in total. The highest BCUT2D eigenvalue weighted by atomic mass is 16.6. The number of hydrogen-bond donors (Lipinski definition) is 0. The number of hydrogen-bond acceptors (Lipinski definition) is 6. The molecule has 0 aliphatic rings. The largest absolute Gasteiger partial charge is 0.309 e. The van der Waals surface area contributed by atoms with Crippen molar-refractivity contribution in [2.45, 2.75) is 19.9 Å². The number of nitro groups is 1. The van der Waals surface area contributed by atoms with E-state index < -0.39 is 4.92 Å². The minimum absolute atomic E-state index is 0.0214. The molecular formula is C15H13N7O2. The van der Waals surface area contributed by atoms with E-state index >= 15 is 0 Å². The lowest BCUT2D eigenvalue weighted by molar-refractivity contribution is -0.385. The number of aromatic nitrogens is 6. The van der Waals surface area contributed by atoms with Gasteiger partial charge in [0.1, 0.15) is 18.2 Å². The van der Waals surface area contributed by atoms with Crippen LogP contribution in [0.3, 0.4) is 0 Å². The molecule has 0 saturated heterocycles. The number of aryl methyl sites for hydroxylation is 3. The van der Waals surface area contributed by atoms with E-state index in [1.807, 2.05) is 24.3 Å². The SMILES string of the molecule is Cc1nn(CCc2nc3c4ccccc4ncn3n2)cc1[N+](=O)[O-]. The molecule has 0 fully saturated rings. The van der Waals surface area contributed by atoms with E-state index in [9.17, 15) is 10.1 Å². The van der Waals surface area contributed by atoms with Gasteiger partial charge in [0.15, 0.2) is 11.5 Å². The average molecular weight is 323 g/mol. The summed E-state index contributed by atoms with van der Waals surface area (Å²) in [6.45, 7) is 2.09. The predicted octanol–water partition coefficient (Wildman–Crippen LogP) is 1.93. The molecule has 0 spiro atoms. The molecule has 0 aliphatic heterocycles. The molecule has 0 unspecified atom stereocenters. The van der Waals surface area contributed by atoms with Crippen LogP contribution in [-0.4, -0.2) is 34.3 Å². The van der Waals surface area contributed by atoms with E-state index in [0.29, 0.717) is 24.5 Å². The van der Waals surface area contributed by atoms with Crippen molar-refractivity contribution in [3.8, 4) is 0 Å². The smallest absolute Gasteiger partial charge is 0.265 e. The summed E-state index contributed by atoms with van der Waals surface area (Å²) in [6, 6.07) is 7.74. The van der Waals surface area contributed by atoms with Crippen LogP contribution in [-0.2, 0) is 13.0 Å². The van der Waals surface area contributed by atoms with Gasteiger partial charge in [-0.25, -0.2) is 14.5 Å². The lowest BCUT2D eigenvalue weighted by Gasteiger charge is -1.96. The molecule has 1 aromatic carbocycles. The van der Waals surface area contributed by atoms with Gasteiger partial charge in [0, 0.05) is 18.4 Å². The molecule has 0 bridgehead atoms. The van der Waals surface area contributed by atoms with Crippen LogP contribution in [0, 0.1) is 17.0 Å². The van der Waals surface area contributed by atoms with E-state index in [1.165, 1.54) is 6.20 Å². The van der Waals surface area contributed by atoms with Crippen LogP contribution in [0.5, 0.6) is 0 Å². The highest BCUT2D eigenvalue weighted by Gasteiger charge is 2.15. The number of nitrogens with zero attached hydrogens (tertiary/aromatic N) is 7. The Morgan fingerprint density at radius 1 is 1.25 bits per heavy atom. The van der Waals surface area contributed by atoms with Crippen LogP contribution in [0.25, 0.3) is 16.6 Å². The van der Waals surface area contributed by atoms with Crippen LogP contribution in [0.4, 0.5) is 5.69 Å². The fraction of sp³-hybridized carbons (Fsp3) is 0.200. The quantitative estimate of drug-likeness (QED) is 0.420. The van der Waals surface area contributed by atoms with Gasteiger partial charge < -0.3 is 0 Å². The third-order valence-electron chi connectivity index (χ3n) is 3.81. The zero-order valence-corrected chi connectivity index (χ0v) is 12.8. The topological polar surface area (TPSA) is 104 Å². The predicted molar refractivity (Wildman–Crippen MR) is 85.6 cm³/mol.